The van der Waals surface area contributed by atoms with Crippen LogP contribution in [-0.2, 0) is 7.05 Å². The van der Waals surface area contributed by atoms with E-state index in [1.807, 2.05) is 6.92 Å². The van der Waals surface area contributed by atoms with Crippen molar-refractivity contribution < 1.29 is 4.79 Å². The zero-order valence-electron chi connectivity index (χ0n) is 18.3. The molecule has 0 radical (unpaired) electrons. The third-order valence-electron chi connectivity index (χ3n) is 5.32. The maximum absolute atomic E-state index is 13.3. The zero-order valence-corrected chi connectivity index (χ0v) is 20.6. The lowest BCUT2D eigenvalue weighted by molar-refractivity contribution is 0.184. The van der Waals surface area contributed by atoms with Crippen LogP contribution in [0.3, 0.4) is 0 Å². The Kier molecular flexibility index (Phi) is 7.70. The lowest BCUT2D eigenvalue weighted by Gasteiger charge is -2.31. The normalized spacial score (nSPS) is 12.2. The number of carbonyl (C=O) groups is 1. The Labute approximate surface area is 202 Å². The van der Waals surface area contributed by atoms with E-state index in [0.29, 0.717) is 44.9 Å². The van der Waals surface area contributed by atoms with Crippen LogP contribution in [0.1, 0.15) is 39.1 Å². The van der Waals surface area contributed by atoms with Crippen molar-refractivity contribution in [3.63, 3.8) is 0 Å². The number of hydrogen-bond donors (Lipinski definition) is 1. The van der Waals surface area contributed by atoms with Crippen molar-refractivity contribution in [2.75, 3.05) is 11.9 Å². The SMILES string of the molecule is CC(C)CCN(C(=O)Nc1cccc(Cl)c1Cl)C(C)c1nc2cc(Cl)ccc2c(=O)n1C. The van der Waals surface area contributed by atoms with Crippen molar-refractivity contribution in [3.05, 3.63) is 67.6 Å². The molecule has 0 spiro atoms. The first-order chi connectivity index (χ1) is 15.1. The van der Waals surface area contributed by atoms with E-state index in [2.05, 4.69) is 24.1 Å². The molecule has 0 saturated heterocycles. The molecule has 0 fully saturated rings. The minimum Gasteiger partial charge on any atom is -0.315 e. The van der Waals surface area contributed by atoms with Gasteiger partial charge in [0.15, 0.2) is 0 Å². The summed E-state index contributed by atoms with van der Waals surface area (Å²) in [5.74, 6) is 0.834. The Morgan fingerprint density at radius 1 is 1.16 bits per heavy atom. The topological polar surface area (TPSA) is 67.2 Å². The van der Waals surface area contributed by atoms with E-state index >= 15 is 0 Å². The lowest BCUT2D eigenvalue weighted by Crippen LogP contribution is -2.40. The van der Waals surface area contributed by atoms with Gasteiger partial charge in [0.25, 0.3) is 5.56 Å². The maximum Gasteiger partial charge on any atom is 0.322 e. The van der Waals surface area contributed by atoms with Gasteiger partial charge in [0.05, 0.1) is 32.7 Å². The Hall–Kier alpha value is -2.28. The summed E-state index contributed by atoms with van der Waals surface area (Å²) < 4.78 is 1.48. The van der Waals surface area contributed by atoms with Gasteiger partial charge in [-0.25, -0.2) is 9.78 Å². The quantitative estimate of drug-likeness (QED) is 0.422. The second-order valence-corrected chi connectivity index (χ2v) is 9.30. The molecule has 3 aromatic rings. The minimum atomic E-state index is -0.493. The number of urea groups is 1. The maximum atomic E-state index is 13.3. The molecule has 6 nitrogen and oxygen atoms in total. The summed E-state index contributed by atoms with van der Waals surface area (Å²) in [6, 6.07) is 9.17. The number of aromatic nitrogens is 2. The summed E-state index contributed by atoms with van der Waals surface area (Å²) in [4.78, 5) is 32.5. The van der Waals surface area contributed by atoms with Gasteiger partial charge in [0, 0.05) is 18.6 Å². The molecular formula is C23H25Cl3N4O2. The highest BCUT2D eigenvalue weighted by molar-refractivity contribution is 6.44. The third-order valence-corrected chi connectivity index (χ3v) is 6.37. The molecule has 170 valence electrons. The molecule has 3 rings (SSSR count). The Morgan fingerprint density at radius 2 is 1.88 bits per heavy atom. The molecule has 1 heterocycles. The average molecular weight is 496 g/mol. The van der Waals surface area contributed by atoms with Crippen LogP contribution in [0.15, 0.2) is 41.2 Å². The van der Waals surface area contributed by atoms with Gasteiger partial charge in [-0.15, -0.1) is 0 Å². The first-order valence-electron chi connectivity index (χ1n) is 10.3. The molecule has 0 saturated carbocycles. The first kappa shape index (κ1) is 24.4. The Morgan fingerprint density at radius 3 is 2.56 bits per heavy atom. The number of fused-ring (bicyclic) bond motifs is 1. The molecule has 0 aliphatic carbocycles. The van der Waals surface area contributed by atoms with Crippen LogP contribution in [0.25, 0.3) is 10.9 Å². The average Bonchev–Trinajstić information content (AvgIpc) is 2.73. The van der Waals surface area contributed by atoms with E-state index in [1.54, 1.807) is 48.3 Å². The Balaban J connectivity index is 2.01. The number of rotatable bonds is 6. The molecule has 0 bridgehead atoms. The number of anilines is 1. The number of benzene rings is 2. The fourth-order valence-electron chi connectivity index (χ4n) is 3.43. The summed E-state index contributed by atoms with van der Waals surface area (Å²) in [5.41, 5.74) is 0.707. The van der Waals surface area contributed by atoms with Crippen molar-refractivity contribution >= 4 is 57.4 Å². The number of nitrogens with zero attached hydrogens (tertiary/aromatic N) is 3. The van der Waals surface area contributed by atoms with Gasteiger partial charge in [-0.2, -0.15) is 0 Å². The number of hydrogen-bond acceptors (Lipinski definition) is 3. The lowest BCUT2D eigenvalue weighted by atomic mass is 10.1. The fourth-order valence-corrected chi connectivity index (χ4v) is 3.94. The summed E-state index contributed by atoms with van der Waals surface area (Å²) >= 11 is 18.5. The predicted molar refractivity (Wildman–Crippen MR) is 132 cm³/mol. The van der Waals surface area contributed by atoms with Crippen LogP contribution >= 0.6 is 34.8 Å². The molecule has 1 unspecified atom stereocenters. The number of carbonyl (C=O) groups excluding carboxylic acids is 1. The fraction of sp³-hybridized carbons (Fsp3) is 0.348. The summed E-state index contributed by atoms with van der Waals surface area (Å²) in [6.07, 6.45) is 0.772. The van der Waals surface area contributed by atoms with Gasteiger partial charge in [0.2, 0.25) is 0 Å². The van der Waals surface area contributed by atoms with Gasteiger partial charge in [-0.3, -0.25) is 9.36 Å². The Bertz CT molecular complexity index is 1210. The predicted octanol–water partition coefficient (Wildman–Crippen LogP) is 6.53. The molecular weight excluding hydrogens is 471 g/mol. The van der Waals surface area contributed by atoms with Crippen LogP contribution in [-0.4, -0.2) is 27.0 Å². The molecule has 32 heavy (non-hydrogen) atoms. The van der Waals surface area contributed by atoms with Crippen LogP contribution in [0.4, 0.5) is 10.5 Å². The van der Waals surface area contributed by atoms with E-state index in [9.17, 15) is 9.59 Å². The van der Waals surface area contributed by atoms with Crippen molar-refractivity contribution in [3.8, 4) is 0 Å². The summed E-state index contributed by atoms with van der Waals surface area (Å²) in [7, 11) is 1.65. The largest absolute Gasteiger partial charge is 0.322 e. The molecule has 9 heteroatoms. The van der Waals surface area contributed by atoms with Gasteiger partial charge in [-0.1, -0.05) is 54.7 Å². The van der Waals surface area contributed by atoms with E-state index in [-0.39, 0.29) is 16.6 Å². The highest BCUT2D eigenvalue weighted by atomic mass is 35.5. The molecule has 0 aliphatic rings. The second-order valence-electron chi connectivity index (χ2n) is 8.08. The highest BCUT2D eigenvalue weighted by Crippen LogP contribution is 2.30. The number of nitrogens with one attached hydrogen (secondary N) is 1. The van der Waals surface area contributed by atoms with Gasteiger partial charge in [0.1, 0.15) is 5.82 Å². The van der Waals surface area contributed by atoms with Gasteiger partial charge >= 0.3 is 6.03 Å². The van der Waals surface area contributed by atoms with Crippen molar-refractivity contribution in [2.24, 2.45) is 13.0 Å². The zero-order chi connectivity index (χ0) is 23.6. The number of amides is 2. The standard InChI is InChI=1S/C23H25Cl3N4O2/c1-13(2)10-11-30(23(32)28-18-7-5-6-17(25)20(18)26)14(3)21-27-19-12-15(24)8-9-16(19)22(31)29(21)4/h5-9,12-14H,10-11H2,1-4H3,(H,28,32). The number of halogens is 3. The van der Waals surface area contributed by atoms with Gasteiger partial charge in [-0.05, 0) is 49.6 Å². The third kappa shape index (κ3) is 5.20. The van der Waals surface area contributed by atoms with Gasteiger partial charge < -0.3 is 10.2 Å². The van der Waals surface area contributed by atoms with Crippen LogP contribution < -0.4 is 10.9 Å². The van der Waals surface area contributed by atoms with Crippen LogP contribution in [0, 0.1) is 5.92 Å². The monoisotopic (exact) mass is 494 g/mol. The minimum absolute atomic E-state index is 0.198. The van der Waals surface area contributed by atoms with Crippen molar-refractivity contribution in [2.45, 2.75) is 33.2 Å². The molecule has 2 aromatic carbocycles. The molecule has 0 aliphatic heterocycles. The van der Waals surface area contributed by atoms with Crippen molar-refractivity contribution in [1.82, 2.24) is 14.5 Å². The first-order valence-corrected chi connectivity index (χ1v) is 11.4. The summed E-state index contributed by atoms with van der Waals surface area (Å²) in [5, 5.41) is 4.41. The van der Waals surface area contributed by atoms with Crippen molar-refractivity contribution in [1.29, 1.82) is 0 Å². The van der Waals surface area contributed by atoms with Crippen LogP contribution in [0.5, 0.6) is 0 Å². The van der Waals surface area contributed by atoms with E-state index in [1.165, 1.54) is 4.57 Å². The molecule has 1 atom stereocenters. The van der Waals surface area contributed by atoms with E-state index in [4.69, 9.17) is 34.8 Å². The second kappa shape index (κ2) is 10.1. The van der Waals surface area contributed by atoms with Crippen LogP contribution in [0.2, 0.25) is 15.1 Å². The molecule has 1 aromatic heterocycles. The van der Waals surface area contributed by atoms with E-state index < -0.39 is 6.04 Å². The van der Waals surface area contributed by atoms with E-state index in [0.717, 1.165) is 6.42 Å². The molecule has 2 amide bonds. The smallest absolute Gasteiger partial charge is 0.315 e. The summed E-state index contributed by atoms with van der Waals surface area (Å²) in [6.45, 7) is 6.48. The molecule has 1 N–H and O–H groups in total. The highest BCUT2D eigenvalue weighted by Gasteiger charge is 2.26.